The summed E-state index contributed by atoms with van der Waals surface area (Å²) in [6.45, 7) is 0. The molecular weight excluding hydrogens is 195 g/mol. The zero-order valence-electron chi connectivity index (χ0n) is 8.54. The van der Waals surface area contributed by atoms with E-state index in [0.717, 1.165) is 12.8 Å². The third kappa shape index (κ3) is 2.78. The molecule has 82 valence electrons. The van der Waals surface area contributed by atoms with Gasteiger partial charge in [-0.1, -0.05) is 19.3 Å². The zero-order valence-corrected chi connectivity index (χ0v) is 8.54. The number of anilines is 2. The molecule has 1 aliphatic carbocycles. The first-order valence-corrected chi connectivity index (χ1v) is 5.30. The van der Waals surface area contributed by atoms with Crippen LogP contribution >= 0.6 is 0 Å². The summed E-state index contributed by atoms with van der Waals surface area (Å²) in [7, 11) is 0. The lowest BCUT2D eigenvalue weighted by atomic mass is 9.95. The molecule has 5 heteroatoms. The van der Waals surface area contributed by atoms with Gasteiger partial charge in [-0.2, -0.15) is 14.4 Å². The minimum absolute atomic E-state index is 0.0201. The second-order valence-corrected chi connectivity index (χ2v) is 3.91. The minimum Gasteiger partial charge on any atom is -0.368 e. The van der Waals surface area contributed by atoms with Crippen LogP contribution in [-0.4, -0.2) is 16.0 Å². The van der Waals surface area contributed by atoms with Gasteiger partial charge in [0.25, 0.3) is 0 Å². The minimum atomic E-state index is -0.583. The zero-order chi connectivity index (χ0) is 10.7. The predicted molar refractivity (Wildman–Crippen MR) is 56.9 cm³/mol. The van der Waals surface area contributed by atoms with Crippen molar-refractivity contribution in [2.75, 3.05) is 11.1 Å². The molecule has 1 saturated carbocycles. The molecule has 3 N–H and O–H groups in total. The van der Waals surface area contributed by atoms with Crippen molar-refractivity contribution in [1.82, 2.24) is 9.97 Å². The van der Waals surface area contributed by atoms with Gasteiger partial charge < -0.3 is 11.1 Å². The Labute approximate surface area is 88.1 Å². The predicted octanol–water partition coefficient (Wildman–Crippen LogP) is 1.94. The summed E-state index contributed by atoms with van der Waals surface area (Å²) in [4.78, 5) is 7.33. The van der Waals surface area contributed by atoms with E-state index in [1.165, 1.54) is 25.3 Å². The largest absolute Gasteiger partial charge is 0.368 e. The first kappa shape index (κ1) is 10.1. The van der Waals surface area contributed by atoms with E-state index in [1.54, 1.807) is 0 Å². The quantitative estimate of drug-likeness (QED) is 0.732. The molecule has 1 aromatic rings. The number of hydrogen-bond acceptors (Lipinski definition) is 4. The molecular formula is C10H15FN4. The highest BCUT2D eigenvalue weighted by molar-refractivity contribution is 5.38. The molecule has 15 heavy (non-hydrogen) atoms. The van der Waals surface area contributed by atoms with E-state index in [-0.39, 0.29) is 5.95 Å². The van der Waals surface area contributed by atoms with Gasteiger partial charge in [-0.05, 0) is 12.8 Å². The van der Waals surface area contributed by atoms with Gasteiger partial charge in [0.15, 0.2) is 0 Å². The lowest BCUT2D eigenvalue weighted by Gasteiger charge is -2.23. The highest BCUT2D eigenvalue weighted by atomic mass is 19.1. The molecule has 0 unspecified atom stereocenters. The fraction of sp³-hybridized carbons (Fsp3) is 0.600. The molecule has 0 amide bonds. The molecule has 0 aliphatic heterocycles. The van der Waals surface area contributed by atoms with E-state index >= 15 is 0 Å². The van der Waals surface area contributed by atoms with Crippen molar-refractivity contribution in [1.29, 1.82) is 0 Å². The van der Waals surface area contributed by atoms with Gasteiger partial charge in [0, 0.05) is 12.1 Å². The summed E-state index contributed by atoms with van der Waals surface area (Å²) in [5.41, 5.74) is 5.36. The summed E-state index contributed by atoms with van der Waals surface area (Å²) in [5, 5.41) is 3.19. The van der Waals surface area contributed by atoms with Crippen LogP contribution < -0.4 is 11.1 Å². The molecule has 0 atom stereocenters. The topological polar surface area (TPSA) is 63.8 Å². The standard InChI is InChI=1S/C10H15FN4/c11-8-6-9(15-10(12)14-8)13-7-4-2-1-3-5-7/h6-7H,1-5H2,(H3,12,13,14,15). The number of nitrogens with one attached hydrogen (secondary N) is 1. The van der Waals surface area contributed by atoms with Gasteiger partial charge in [0.2, 0.25) is 11.9 Å². The Bertz CT molecular complexity index is 316. The van der Waals surface area contributed by atoms with Crippen LogP contribution in [0.2, 0.25) is 0 Å². The summed E-state index contributed by atoms with van der Waals surface area (Å²) in [6, 6.07) is 1.68. The SMILES string of the molecule is Nc1nc(F)cc(NC2CCCCC2)n1. The summed E-state index contributed by atoms with van der Waals surface area (Å²) < 4.78 is 12.9. The van der Waals surface area contributed by atoms with Gasteiger partial charge >= 0.3 is 0 Å². The van der Waals surface area contributed by atoms with Gasteiger partial charge in [-0.25, -0.2) is 0 Å². The Morgan fingerprint density at radius 1 is 1.27 bits per heavy atom. The van der Waals surface area contributed by atoms with Crippen molar-refractivity contribution in [2.24, 2.45) is 0 Å². The maximum absolute atomic E-state index is 12.9. The van der Waals surface area contributed by atoms with Gasteiger partial charge in [-0.3, -0.25) is 0 Å². The van der Waals surface area contributed by atoms with Gasteiger partial charge in [0.1, 0.15) is 5.82 Å². The lowest BCUT2D eigenvalue weighted by Crippen LogP contribution is -2.23. The van der Waals surface area contributed by atoms with Crippen molar-refractivity contribution in [3.63, 3.8) is 0 Å². The monoisotopic (exact) mass is 210 g/mol. The first-order valence-electron chi connectivity index (χ1n) is 5.30. The van der Waals surface area contributed by atoms with Crippen LogP contribution in [0.25, 0.3) is 0 Å². The van der Waals surface area contributed by atoms with E-state index in [9.17, 15) is 4.39 Å². The van der Waals surface area contributed by atoms with Crippen molar-refractivity contribution in [3.8, 4) is 0 Å². The van der Waals surface area contributed by atoms with Crippen LogP contribution in [0.15, 0.2) is 6.07 Å². The fourth-order valence-corrected chi connectivity index (χ4v) is 1.97. The maximum Gasteiger partial charge on any atom is 0.224 e. The number of nitrogens with two attached hydrogens (primary N) is 1. The average molecular weight is 210 g/mol. The fourth-order valence-electron chi connectivity index (χ4n) is 1.97. The Morgan fingerprint density at radius 2 is 2.00 bits per heavy atom. The number of nitrogens with zero attached hydrogens (tertiary/aromatic N) is 2. The second kappa shape index (κ2) is 4.42. The normalized spacial score (nSPS) is 17.7. The Balaban J connectivity index is 2.02. The Kier molecular flexibility index (Phi) is 2.99. The number of nitrogen functional groups attached to an aromatic ring is 1. The molecule has 0 bridgehead atoms. The van der Waals surface area contributed by atoms with Crippen molar-refractivity contribution in [2.45, 2.75) is 38.1 Å². The summed E-state index contributed by atoms with van der Waals surface area (Å²) in [5.74, 6) is -0.110. The van der Waals surface area contributed by atoms with Crippen molar-refractivity contribution in [3.05, 3.63) is 12.0 Å². The third-order valence-corrected chi connectivity index (χ3v) is 2.67. The van der Waals surface area contributed by atoms with E-state index in [4.69, 9.17) is 5.73 Å². The lowest BCUT2D eigenvalue weighted by molar-refractivity contribution is 0.461. The molecule has 4 nitrogen and oxygen atoms in total. The number of aromatic nitrogens is 2. The number of rotatable bonds is 2. The van der Waals surface area contributed by atoms with Crippen LogP contribution in [0, 0.1) is 5.95 Å². The highest BCUT2D eigenvalue weighted by Crippen LogP contribution is 2.21. The van der Waals surface area contributed by atoms with Crippen LogP contribution in [0.3, 0.4) is 0 Å². The second-order valence-electron chi connectivity index (χ2n) is 3.91. The smallest absolute Gasteiger partial charge is 0.224 e. The molecule has 0 aromatic carbocycles. The molecule has 1 aromatic heterocycles. The van der Waals surface area contributed by atoms with Crippen LogP contribution in [0.4, 0.5) is 16.2 Å². The molecule has 0 spiro atoms. The van der Waals surface area contributed by atoms with Crippen LogP contribution in [0.5, 0.6) is 0 Å². The van der Waals surface area contributed by atoms with Crippen molar-refractivity contribution < 1.29 is 4.39 Å². The average Bonchev–Trinajstić information content (AvgIpc) is 2.17. The Morgan fingerprint density at radius 3 is 2.67 bits per heavy atom. The molecule has 1 fully saturated rings. The molecule has 0 saturated heterocycles. The van der Waals surface area contributed by atoms with Gasteiger partial charge in [-0.15, -0.1) is 0 Å². The number of halogens is 1. The third-order valence-electron chi connectivity index (χ3n) is 2.67. The molecule has 1 heterocycles. The van der Waals surface area contributed by atoms with E-state index in [0.29, 0.717) is 11.9 Å². The number of hydrogen-bond donors (Lipinski definition) is 2. The summed E-state index contributed by atoms with van der Waals surface area (Å²) in [6.07, 6.45) is 5.97. The first-order chi connectivity index (χ1) is 7.24. The van der Waals surface area contributed by atoms with Crippen molar-refractivity contribution >= 4 is 11.8 Å². The van der Waals surface area contributed by atoms with Gasteiger partial charge in [0.05, 0.1) is 0 Å². The van der Waals surface area contributed by atoms with E-state index in [1.807, 2.05) is 0 Å². The molecule has 1 aliphatic rings. The molecule has 2 rings (SSSR count). The van der Waals surface area contributed by atoms with E-state index < -0.39 is 5.95 Å². The van der Waals surface area contributed by atoms with Crippen LogP contribution in [-0.2, 0) is 0 Å². The van der Waals surface area contributed by atoms with Crippen LogP contribution in [0.1, 0.15) is 32.1 Å². The Hall–Kier alpha value is -1.39. The summed E-state index contributed by atoms with van der Waals surface area (Å²) >= 11 is 0. The molecule has 0 radical (unpaired) electrons. The maximum atomic E-state index is 12.9. The van der Waals surface area contributed by atoms with E-state index in [2.05, 4.69) is 15.3 Å². The highest BCUT2D eigenvalue weighted by Gasteiger charge is 2.14.